The number of aromatic nitrogens is 3. The molecule has 0 aromatic carbocycles. The highest BCUT2D eigenvalue weighted by Gasteiger charge is 2.11. The average molecular weight is 241 g/mol. The van der Waals surface area contributed by atoms with Crippen LogP contribution in [-0.2, 0) is 7.05 Å². The molecule has 2 aromatic heterocycles. The number of quaternary nitrogens is 1. The van der Waals surface area contributed by atoms with Crippen molar-refractivity contribution in [1.82, 2.24) is 14.8 Å². The Hall–Kier alpha value is -1.98. The minimum atomic E-state index is 0.0497. The summed E-state index contributed by atoms with van der Waals surface area (Å²) < 4.78 is 1.78. The van der Waals surface area contributed by atoms with Crippen molar-refractivity contribution < 1.29 is 5.01 Å². The highest BCUT2D eigenvalue weighted by atomic mass is 15.5. The fourth-order valence-electron chi connectivity index (χ4n) is 2.01. The Morgan fingerprint density at radius 2 is 2.17 bits per heavy atom. The molecule has 0 radical (unpaired) electrons. The first-order chi connectivity index (χ1) is 8.72. The summed E-state index contributed by atoms with van der Waals surface area (Å²) in [5.74, 6) is 0. The minimum absolute atomic E-state index is 0.0497. The van der Waals surface area contributed by atoms with Gasteiger partial charge in [-0.2, -0.15) is 5.10 Å². The zero-order chi connectivity index (χ0) is 12.5. The van der Waals surface area contributed by atoms with Crippen molar-refractivity contribution in [1.29, 1.82) is 0 Å². The highest BCUT2D eigenvalue weighted by Crippen LogP contribution is 2.23. The van der Waals surface area contributed by atoms with E-state index in [0.29, 0.717) is 0 Å². The molecule has 0 fully saturated rings. The van der Waals surface area contributed by atoms with E-state index in [1.807, 2.05) is 50.8 Å². The van der Waals surface area contributed by atoms with Crippen LogP contribution in [0.5, 0.6) is 0 Å². The maximum Gasteiger partial charge on any atom is 0.111 e. The van der Waals surface area contributed by atoms with E-state index in [4.69, 9.17) is 0 Å². The fourth-order valence-corrected chi connectivity index (χ4v) is 2.01. The zero-order valence-electron chi connectivity index (χ0n) is 10.4. The number of hydrogen-bond donors (Lipinski definition) is 1. The smallest absolute Gasteiger partial charge is 0.111 e. The molecule has 0 saturated heterocycles. The average Bonchev–Trinajstić information content (AvgIpc) is 2.98. The van der Waals surface area contributed by atoms with E-state index in [2.05, 4.69) is 21.6 Å². The van der Waals surface area contributed by atoms with E-state index >= 15 is 0 Å². The Labute approximate surface area is 106 Å². The lowest BCUT2D eigenvalue weighted by atomic mass is 10.1. The van der Waals surface area contributed by atoms with Crippen molar-refractivity contribution >= 4 is 0 Å². The molecular weight excluding hydrogens is 226 g/mol. The number of rotatable bonds is 2. The summed E-state index contributed by atoms with van der Waals surface area (Å²) in [7, 11) is 3.90. The second-order valence-corrected chi connectivity index (χ2v) is 4.40. The number of pyridine rings is 1. The molecule has 92 valence electrons. The lowest BCUT2D eigenvalue weighted by Gasteiger charge is -2.23. The topological polar surface area (TPSA) is 49.2 Å². The first-order valence-electron chi connectivity index (χ1n) is 5.92. The van der Waals surface area contributed by atoms with E-state index < -0.39 is 0 Å². The Bertz CT molecular complexity index is 587. The predicted molar refractivity (Wildman–Crippen MR) is 68.6 cm³/mol. The van der Waals surface area contributed by atoms with Crippen molar-refractivity contribution in [2.75, 3.05) is 7.05 Å². The minimum Gasteiger partial charge on any atom is -0.437 e. The molecular formula is C13H15N5. The number of nitrogens with zero attached hydrogens (tertiary/aromatic N) is 4. The van der Waals surface area contributed by atoms with Gasteiger partial charge in [-0.15, -0.1) is 0 Å². The Morgan fingerprint density at radius 1 is 1.28 bits per heavy atom. The Morgan fingerprint density at radius 3 is 2.83 bits per heavy atom. The van der Waals surface area contributed by atoms with Gasteiger partial charge in [0.15, 0.2) is 0 Å². The van der Waals surface area contributed by atoms with Gasteiger partial charge < -0.3 is 10.4 Å². The van der Waals surface area contributed by atoms with Gasteiger partial charge in [0.1, 0.15) is 5.69 Å². The molecule has 1 aliphatic rings. The summed E-state index contributed by atoms with van der Waals surface area (Å²) in [6.45, 7) is 0. The van der Waals surface area contributed by atoms with Crippen molar-refractivity contribution in [2.24, 2.45) is 7.05 Å². The summed E-state index contributed by atoms with van der Waals surface area (Å²) in [5.41, 5.74) is 7.26. The maximum atomic E-state index is 4.64. The van der Waals surface area contributed by atoms with Crippen LogP contribution in [0.3, 0.4) is 0 Å². The number of nitrogens with one attached hydrogen (secondary N) is 1. The van der Waals surface area contributed by atoms with Gasteiger partial charge in [0.25, 0.3) is 0 Å². The van der Waals surface area contributed by atoms with Gasteiger partial charge in [-0.3, -0.25) is 9.67 Å². The molecule has 1 aliphatic heterocycles. The van der Waals surface area contributed by atoms with E-state index in [9.17, 15) is 0 Å². The monoisotopic (exact) mass is 241 g/mol. The molecule has 0 aliphatic carbocycles. The first-order valence-corrected chi connectivity index (χ1v) is 5.92. The summed E-state index contributed by atoms with van der Waals surface area (Å²) in [6, 6.07) is 7.99. The molecule has 3 rings (SSSR count). The molecule has 2 aromatic rings. The molecule has 5 nitrogen and oxygen atoms in total. The lowest BCUT2D eigenvalue weighted by molar-refractivity contribution is -0.779. The second-order valence-electron chi connectivity index (χ2n) is 4.40. The summed E-state index contributed by atoms with van der Waals surface area (Å²) in [4.78, 5) is 4.64. The summed E-state index contributed by atoms with van der Waals surface area (Å²) in [6.07, 6.45) is 6.01. The standard InChI is InChI=1S/C13H15N5/c1-17-8-6-12(15-17)10-4-3-5-11(14-10)13-7-9-18(2)16-13/h3-9,12,17H,1-2H3. The first kappa shape index (κ1) is 11.1. The van der Waals surface area contributed by atoms with Crippen LogP contribution in [0.15, 0.2) is 42.7 Å². The molecule has 0 saturated carbocycles. The third-order valence-corrected chi connectivity index (χ3v) is 2.91. The normalized spacial score (nSPS) is 22.6. The van der Waals surface area contributed by atoms with Gasteiger partial charge >= 0.3 is 0 Å². The summed E-state index contributed by atoms with van der Waals surface area (Å²) in [5, 5.41) is 5.41. The van der Waals surface area contributed by atoms with Gasteiger partial charge in [0, 0.05) is 18.9 Å². The molecule has 0 bridgehead atoms. The quantitative estimate of drug-likeness (QED) is 0.847. The van der Waals surface area contributed by atoms with Gasteiger partial charge in [-0.1, -0.05) is 6.07 Å². The Kier molecular flexibility index (Phi) is 2.70. The van der Waals surface area contributed by atoms with E-state index in [0.717, 1.165) is 22.1 Å². The van der Waals surface area contributed by atoms with Gasteiger partial charge in [0.2, 0.25) is 0 Å². The van der Waals surface area contributed by atoms with Crippen molar-refractivity contribution in [3.8, 4) is 11.4 Å². The molecule has 0 amide bonds. The van der Waals surface area contributed by atoms with E-state index in [1.165, 1.54) is 0 Å². The molecule has 3 heterocycles. The predicted octanol–water partition coefficient (Wildman–Crippen LogP) is 0.854. The molecule has 2 atom stereocenters. The third kappa shape index (κ3) is 2.05. The second kappa shape index (κ2) is 4.36. The molecule has 2 unspecified atom stereocenters. The third-order valence-electron chi connectivity index (χ3n) is 2.91. The van der Waals surface area contributed by atoms with Crippen LogP contribution in [0, 0.1) is 0 Å². The largest absolute Gasteiger partial charge is 0.437 e. The van der Waals surface area contributed by atoms with Crippen LogP contribution >= 0.6 is 0 Å². The van der Waals surface area contributed by atoms with Crippen LogP contribution in [0.4, 0.5) is 0 Å². The molecule has 5 heteroatoms. The van der Waals surface area contributed by atoms with Crippen molar-refractivity contribution in [2.45, 2.75) is 6.04 Å². The molecule has 18 heavy (non-hydrogen) atoms. The van der Waals surface area contributed by atoms with Crippen LogP contribution in [-0.4, -0.2) is 21.8 Å². The van der Waals surface area contributed by atoms with Crippen LogP contribution in [0.25, 0.3) is 16.8 Å². The Balaban J connectivity index is 1.92. The van der Waals surface area contributed by atoms with Crippen molar-refractivity contribution in [3.05, 3.63) is 53.9 Å². The van der Waals surface area contributed by atoms with Crippen LogP contribution in [0.2, 0.25) is 0 Å². The fraction of sp³-hybridized carbons (Fsp3) is 0.231. The number of hydrogen-bond acceptors (Lipinski definition) is 2. The number of aryl methyl sites for hydroxylation is 1. The van der Waals surface area contributed by atoms with Crippen molar-refractivity contribution in [3.63, 3.8) is 0 Å². The maximum absolute atomic E-state index is 4.64. The molecule has 0 spiro atoms. The zero-order valence-corrected chi connectivity index (χ0v) is 10.4. The highest BCUT2D eigenvalue weighted by molar-refractivity contribution is 5.53. The van der Waals surface area contributed by atoms with E-state index in [1.54, 1.807) is 4.68 Å². The van der Waals surface area contributed by atoms with Crippen LogP contribution < -0.4 is 5.01 Å². The van der Waals surface area contributed by atoms with E-state index in [-0.39, 0.29) is 6.04 Å². The molecule has 1 N–H and O–H groups in total. The van der Waals surface area contributed by atoms with Crippen LogP contribution in [0.1, 0.15) is 11.7 Å². The van der Waals surface area contributed by atoms with Gasteiger partial charge in [-0.05, 0) is 30.3 Å². The lowest BCUT2D eigenvalue weighted by Crippen LogP contribution is -2.98. The SMILES string of the molecule is Cn1ccc(-c2cccc(C3C=C[NH+](C)[N-]3)n2)n1. The van der Waals surface area contributed by atoms with Gasteiger partial charge in [0.05, 0.1) is 18.9 Å². The van der Waals surface area contributed by atoms with Gasteiger partial charge in [-0.25, -0.2) is 0 Å². The summed E-state index contributed by atoms with van der Waals surface area (Å²) >= 11 is 0.